The quantitative estimate of drug-likeness (QED) is 0.369. The number of amides is 2. The van der Waals surface area contributed by atoms with Crippen LogP contribution in [-0.2, 0) is 17.5 Å². The highest BCUT2D eigenvalue weighted by molar-refractivity contribution is 8.01. The molecule has 0 unspecified atom stereocenters. The van der Waals surface area contributed by atoms with Gasteiger partial charge < -0.3 is 10.1 Å². The van der Waals surface area contributed by atoms with Crippen LogP contribution in [0.2, 0.25) is 0 Å². The topological polar surface area (TPSA) is 93.2 Å². The fraction of sp³-hybridized carbons (Fsp3) is 0.200. The first kappa shape index (κ1) is 23.5. The molecule has 2 aromatic carbocycles. The smallest absolute Gasteiger partial charge is 0.416 e. The summed E-state index contributed by atoms with van der Waals surface area (Å²) in [6.45, 7) is 0.369. The fourth-order valence-electron chi connectivity index (χ4n) is 2.42. The monoisotopic (exact) mass is 482 g/mol. The minimum absolute atomic E-state index is 0.0558. The number of ether oxygens (including phenoxy) is 1. The van der Waals surface area contributed by atoms with Gasteiger partial charge in [-0.3, -0.25) is 14.9 Å². The van der Waals surface area contributed by atoms with Gasteiger partial charge >= 0.3 is 6.18 Å². The summed E-state index contributed by atoms with van der Waals surface area (Å²) in [5.41, 5.74) is 0.141. The second-order valence-electron chi connectivity index (χ2n) is 6.32. The van der Waals surface area contributed by atoms with Crippen LogP contribution < -0.4 is 15.4 Å². The molecule has 12 heteroatoms. The lowest BCUT2D eigenvalue weighted by Crippen LogP contribution is -2.24. The molecule has 168 valence electrons. The van der Waals surface area contributed by atoms with Crippen molar-refractivity contribution in [3.8, 4) is 5.75 Å². The molecular formula is C20H17F3N4O3S2. The molecule has 0 spiro atoms. The molecule has 2 amide bonds. The number of benzene rings is 2. The summed E-state index contributed by atoms with van der Waals surface area (Å²) in [4.78, 5) is 24.2. The van der Waals surface area contributed by atoms with Crippen molar-refractivity contribution in [2.45, 2.75) is 17.1 Å². The largest absolute Gasteiger partial charge is 0.497 e. The van der Waals surface area contributed by atoms with Gasteiger partial charge in [-0.1, -0.05) is 35.2 Å². The Hall–Kier alpha value is -3.12. The Morgan fingerprint density at radius 3 is 2.38 bits per heavy atom. The van der Waals surface area contributed by atoms with Crippen molar-refractivity contribution in [3.63, 3.8) is 0 Å². The number of thioether (sulfide) groups is 1. The Labute approximate surface area is 189 Å². The Bertz CT molecular complexity index is 1070. The fourth-order valence-corrected chi connectivity index (χ4v) is 4.00. The van der Waals surface area contributed by atoms with Crippen LogP contribution in [-0.4, -0.2) is 34.9 Å². The van der Waals surface area contributed by atoms with E-state index in [-0.39, 0.29) is 22.4 Å². The summed E-state index contributed by atoms with van der Waals surface area (Å²) in [5, 5.41) is 13.2. The number of methoxy groups -OCH3 is 1. The van der Waals surface area contributed by atoms with Crippen molar-refractivity contribution in [2.75, 3.05) is 18.2 Å². The van der Waals surface area contributed by atoms with Crippen LogP contribution in [0.25, 0.3) is 0 Å². The molecule has 0 saturated carbocycles. The lowest BCUT2D eigenvalue weighted by atomic mass is 10.1. The van der Waals surface area contributed by atoms with Gasteiger partial charge in [-0.25, -0.2) is 0 Å². The minimum Gasteiger partial charge on any atom is -0.497 e. The highest BCUT2D eigenvalue weighted by Gasteiger charge is 2.30. The van der Waals surface area contributed by atoms with Crippen LogP contribution >= 0.6 is 23.1 Å². The molecule has 7 nitrogen and oxygen atoms in total. The second kappa shape index (κ2) is 10.5. The summed E-state index contributed by atoms with van der Waals surface area (Å²) >= 11 is 2.21. The summed E-state index contributed by atoms with van der Waals surface area (Å²) in [6.07, 6.45) is -4.47. The first-order chi connectivity index (χ1) is 15.2. The zero-order chi connectivity index (χ0) is 23.1. The van der Waals surface area contributed by atoms with Gasteiger partial charge in [-0.15, -0.1) is 10.2 Å². The lowest BCUT2D eigenvalue weighted by molar-refractivity contribution is -0.137. The van der Waals surface area contributed by atoms with E-state index in [2.05, 4.69) is 20.8 Å². The SMILES string of the molecule is COc1ccc(CNC(=O)CSc2nnc(NC(=O)c3ccc(C(F)(F)F)cc3)s2)cc1. The molecule has 0 aliphatic heterocycles. The highest BCUT2D eigenvalue weighted by atomic mass is 32.2. The Morgan fingerprint density at radius 1 is 1.06 bits per heavy atom. The third-order valence-electron chi connectivity index (χ3n) is 4.08. The molecule has 1 heterocycles. The molecular weight excluding hydrogens is 465 g/mol. The number of anilines is 1. The molecule has 1 aromatic heterocycles. The number of carbonyl (C=O) groups excluding carboxylic acids is 2. The summed E-state index contributed by atoms with van der Waals surface area (Å²) < 4.78 is 43.4. The van der Waals surface area contributed by atoms with E-state index in [9.17, 15) is 22.8 Å². The van der Waals surface area contributed by atoms with Gasteiger partial charge in [0.15, 0.2) is 4.34 Å². The van der Waals surface area contributed by atoms with Crippen LogP contribution in [0.4, 0.5) is 18.3 Å². The van der Waals surface area contributed by atoms with Crippen molar-refractivity contribution >= 4 is 40.0 Å². The third kappa shape index (κ3) is 6.69. The van der Waals surface area contributed by atoms with Gasteiger partial charge in [0.1, 0.15) is 5.75 Å². The van der Waals surface area contributed by atoms with Crippen molar-refractivity contribution in [1.29, 1.82) is 0 Å². The minimum atomic E-state index is -4.47. The molecule has 0 fully saturated rings. The maximum atomic E-state index is 12.6. The predicted octanol–water partition coefficient (Wildman–Crippen LogP) is 4.23. The van der Waals surface area contributed by atoms with Crippen LogP contribution in [0, 0.1) is 0 Å². The second-order valence-corrected chi connectivity index (χ2v) is 8.52. The van der Waals surface area contributed by atoms with E-state index in [0.29, 0.717) is 10.9 Å². The maximum Gasteiger partial charge on any atom is 0.416 e. The van der Waals surface area contributed by atoms with Crippen molar-refractivity contribution in [2.24, 2.45) is 0 Å². The maximum absolute atomic E-state index is 12.6. The number of nitrogens with zero attached hydrogens (tertiary/aromatic N) is 2. The highest BCUT2D eigenvalue weighted by Crippen LogP contribution is 2.29. The molecule has 32 heavy (non-hydrogen) atoms. The molecule has 2 N–H and O–H groups in total. The van der Waals surface area contributed by atoms with Crippen LogP contribution in [0.15, 0.2) is 52.9 Å². The number of hydrogen-bond donors (Lipinski definition) is 2. The van der Waals surface area contributed by atoms with Gasteiger partial charge in [-0.2, -0.15) is 13.2 Å². The average molecular weight is 483 g/mol. The van der Waals surface area contributed by atoms with E-state index >= 15 is 0 Å². The normalized spacial score (nSPS) is 11.1. The number of hydrogen-bond acceptors (Lipinski definition) is 7. The first-order valence-electron chi connectivity index (χ1n) is 9.09. The van der Waals surface area contributed by atoms with Gasteiger partial charge in [0.05, 0.1) is 18.4 Å². The molecule has 0 atom stereocenters. The summed E-state index contributed by atoms with van der Waals surface area (Å²) in [6, 6.07) is 11.1. The standard InChI is InChI=1S/C20H17F3N4O3S2/c1-30-15-8-2-12(3-9-15)10-24-16(28)11-31-19-27-26-18(32-19)25-17(29)13-4-6-14(7-5-13)20(21,22)23/h2-9H,10-11H2,1H3,(H,24,28)(H,25,26,29). The predicted molar refractivity (Wildman–Crippen MR) is 115 cm³/mol. The summed E-state index contributed by atoms with van der Waals surface area (Å²) in [7, 11) is 1.58. The average Bonchev–Trinajstić information content (AvgIpc) is 3.23. The molecule has 3 aromatic rings. The number of alkyl halides is 3. The first-order valence-corrected chi connectivity index (χ1v) is 10.9. The Morgan fingerprint density at radius 2 is 1.75 bits per heavy atom. The van der Waals surface area contributed by atoms with E-state index in [4.69, 9.17) is 4.74 Å². The molecule has 0 saturated heterocycles. The zero-order valence-corrected chi connectivity index (χ0v) is 18.2. The van der Waals surface area contributed by atoms with Crippen LogP contribution in [0.5, 0.6) is 5.75 Å². The molecule has 0 radical (unpaired) electrons. The van der Waals surface area contributed by atoms with E-state index in [1.165, 1.54) is 0 Å². The van der Waals surface area contributed by atoms with Gasteiger partial charge in [-0.05, 0) is 42.0 Å². The van der Waals surface area contributed by atoms with Gasteiger partial charge in [0, 0.05) is 12.1 Å². The molecule has 3 rings (SSSR count). The van der Waals surface area contributed by atoms with Gasteiger partial charge in [0.2, 0.25) is 11.0 Å². The molecule has 0 aliphatic rings. The Kier molecular flexibility index (Phi) is 7.70. The molecule has 0 bridgehead atoms. The van der Waals surface area contributed by atoms with E-state index in [0.717, 1.165) is 58.7 Å². The number of halogens is 3. The number of carbonyl (C=O) groups is 2. The number of aromatic nitrogens is 2. The van der Waals surface area contributed by atoms with Gasteiger partial charge in [0.25, 0.3) is 5.91 Å². The van der Waals surface area contributed by atoms with Crippen LogP contribution in [0.1, 0.15) is 21.5 Å². The number of rotatable bonds is 8. The van der Waals surface area contributed by atoms with E-state index < -0.39 is 17.6 Å². The Balaban J connectivity index is 1.45. The van der Waals surface area contributed by atoms with Crippen molar-refractivity contribution in [3.05, 3.63) is 65.2 Å². The molecule has 0 aliphatic carbocycles. The summed E-state index contributed by atoms with van der Waals surface area (Å²) in [5.74, 6) is 0.0330. The van der Waals surface area contributed by atoms with Crippen LogP contribution in [0.3, 0.4) is 0 Å². The van der Waals surface area contributed by atoms with Crippen molar-refractivity contribution in [1.82, 2.24) is 15.5 Å². The zero-order valence-electron chi connectivity index (χ0n) is 16.6. The van der Waals surface area contributed by atoms with Crippen molar-refractivity contribution < 1.29 is 27.5 Å². The lowest BCUT2D eigenvalue weighted by Gasteiger charge is -2.07. The number of nitrogens with one attached hydrogen (secondary N) is 2. The van der Waals surface area contributed by atoms with E-state index in [1.807, 2.05) is 12.1 Å². The third-order valence-corrected chi connectivity index (χ3v) is 6.05. The van der Waals surface area contributed by atoms with E-state index in [1.54, 1.807) is 19.2 Å².